The van der Waals surface area contributed by atoms with Crippen molar-refractivity contribution in [3.8, 4) is 0 Å². The second kappa shape index (κ2) is 7.38. The van der Waals surface area contributed by atoms with Gasteiger partial charge in [-0.1, -0.05) is 12.8 Å². The number of piperidine rings is 1. The molecular formula is C15H28N2O3. The van der Waals surface area contributed by atoms with Gasteiger partial charge in [-0.2, -0.15) is 0 Å². The highest BCUT2D eigenvalue weighted by Gasteiger charge is 2.40. The summed E-state index contributed by atoms with van der Waals surface area (Å²) in [6.07, 6.45) is 5.94. The molecule has 5 nitrogen and oxygen atoms in total. The first-order chi connectivity index (χ1) is 9.65. The van der Waals surface area contributed by atoms with Crippen molar-refractivity contribution in [2.75, 3.05) is 32.9 Å². The van der Waals surface area contributed by atoms with Crippen LogP contribution in [0.1, 0.15) is 45.4 Å². The van der Waals surface area contributed by atoms with E-state index in [1.807, 2.05) is 11.8 Å². The Morgan fingerprint density at radius 1 is 1.25 bits per heavy atom. The molecule has 1 saturated carbocycles. The summed E-state index contributed by atoms with van der Waals surface area (Å²) in [5.74, 6) is 0.155. The summed E-state index contributed by atoms with van der Waals surface area (Å²) in [4.78, 5) is 14.4. The quantitative estimate of drug-likeness (QED) is 0.747. The summed E-state index contributed by atoms with van der Waals surface area (Å²) in [6.45, 7) is 5.56. The summed E-state index contributed by atoms with van der Waals surface area (Å²) in [7, 11) is 0. The third-order valence-corrected chi connectivity index (χ3v) is 4.44. The normalized spacial score (nSPS) is 23.2. The number of nitrogens with two attached hydrogens (primary N) is 1. The van der Waals surface area contributed by atoms with E-state index in [9.17, 15) is 4.79 Å². The lowest BCUT2D eigenvalue weighted by Crippen LogP contribution is -2.55. The Balaban J connectivity index is 1.70. The fraction of sp³-hybridized carbons (Fsp3) is 0.933. The van der Waals surface area contributed by atoms with Crippen molar-refractivity contribution in [1.82, 2.24) is 4.90 Å². The Bertz CT molecular complexity index is 308. The number of hydrogen-bond donors (Lipinski definition) is 1. The number of hydrogen-bond acceptors (Lipinski definition) is 4. The van der Waals surface area contributed by atoms with Crippen LogP contribution in [0.25, 0.3) is 0 Å². The first-order valence-corrected chi connectivity index (χ1v) is 7.93. The standard InChI is InChI=1S/C15H28N2O3/c1-2-19-11-12-20-13-5-9-17(10-6-13)14(18)15(16)7-3-4-8-15/h13H,2-12,16H2,1H3. The fourth-order valence-corrected chi connectivity index (χ4v) is 3.18. The van der Waals surface area contributed by atoms with E-state index in [0.29, 0.717) is 13.2 Å². The molecule has 0 bridgehead atoms. The monoisotopic (exact) mass is 284 g/mol. The van der Waals surface area contributed by atoms with Crippen molar-refractivity contribution in [2.24, 2.45) is 5.73 Å². The Kier molecular flexibility index (Phi) is 5.81. The maximum atomic E-state index is 12.5. The van der Waals surface area contributed by atoms with E-state index in [-0.39, 0.29) is 12.0 Å². The zero-order valence-corrected chi connectivity index (χ0v) is 12.6. The highest BCUT2D eigenvalue weighted by molar-refractivity contribution is 5.86. The molecule has 20 heavy (non-hydrogen) atoms. The Morgan fingerprint density at radius 2 is 1.90 bits per heavy atom. The lowest BCUT2D eigenvalue weighted by atomic mass is 9.95. The van der Waals surface area contributed by atoms with Gasteiger partial charge in [-0.05, 0) is 32.6 Å². The number of ether oxygens (including phenoxy) is 2. The molecule has 0 aromatic carbocycles. The molecule has 2 N–H and O–H groups in total. The van der Waals surface area contributed by atoms with Gasteiger partial charge in [0, 0.05) is 19.7 Å². The SMILES string of the molecule is CCOCCOC1CCN(C(=O)C2(N)CCCC2)CC1. The van der Waals surface area contributed by atoms with Gasteiger partial charge < -0.3 is 20.1 Å². The highest BCUT2D eigenvalue weighted by Crippen LogP contribution is 2.30. The van der Waals surface area contributed by atoms with E-state index in [1.54, 1.807) is 0 Å². The Labute approximate surface area is 121 Å². The Hall–Kier alpha value is -0.650. The minimum atomic E-state index is -0.581. The van der Waals surface area contributed by atoms with Gasteiger partial charge >= 0.3 is 0 Å². The van der Waals surface area contributed by atoms with Gasteiger partial charge in [0.15, 0.2) is 0 Å². The van der Waals surface area contributed by atoms with E-state index in [4.69, 9.17) is 15.2 Å². The number of likely N-dealkylation sites (tertiary alicyclic amines) is 1. The van der Waals surface area contributed by atoms with Crippen molar-refractivity contribution in [3.05, 3.63) is 0 Å². The second-order valence-corrected chi connectivity index (χ2v) is 5.92. The average molecular weight is 284 g/mol. The molecule has 5 heteroatoms. The van der Waals surface area contributed by atoms with Crippen LogP contribution < -0.4 is 5.73 Å². The van der Waals surface area contributed by atoms with Crippen LogP contribution in [-0.4, -0.2) is 55.4 Å². The van der Waals surface area contributed by atoms with E-state index in [1.165, 1.54) is 0 Å². The van der Waals surface area contributed by atoms with Crippen LogP contribution in [0.3, 0.4) is 0 Å². The topological polar surface area (TPSA) is 64.8 Å². The Morgan fingerprint density at radius 3 is 2.50 bits per heavy atom. The van der Waals surface area contributed by atoms with Crippen molar-refractivity contribution in [1.29, 1.82) is 0 Å². The van der Waals surface area contributed by atoms with Gasteiger partial charge in [0.1, 0.15) is 0 Å². The molecule has 116 valence electrons. The third-order valence-electron chi connectivity index (χ3n) is 4.44. The molecule has 0 aromatic rings. The third kappa shape index (κ3) is 3.93. The van der Waals surface area contributed by atoms with E-state index >= 15 is 0 Å². The summed E-state index contributed by atoms with van der Waals surface area (Å²) in [6, 6.07) is 0. The second-order valence-electron chi connectivity index (χ2n) is 5.92. The summed E-state index contributed by atoms with van der Waals surface area (Å²) >= 11 is 0. The molecule has 2 rings (SSSR count). The lowest BCUT2D eigenvalue weighted by molar-refractivity contribution is -0.139. The molecule has 1 aliphatic heterocycles. The lowest BCUT2D eigenvalue weighted by Gasteiger charge is -2.36. The molecule has 0 aromatic heterocycles. The minimum Gasteiger partial charge on any atom is -0.379 e. The molecule has 1 saturated heterocycles. The smallest absolute Gasteiger partial charge is 0.242 e. The summed E-state index contributed by atoms with van der Waals surface area (Å²) in [5.41, 5.74) is 5.66. The minimum absolute atomic E-state index is 0.155. The molecule has 2 aliphatic rings. The molecule has 0 spiro atoms. The zero-order valence-electron chi connectivity index (χ0n) is 12.6. The molecule has 0 unspecified atom stereocenters. The molecule has 0 radical (unpaired) electrons. The first kappa shape index (κ1) is 15.7. The van der Waals surface area contributed by atoms with Crippen LogP contribution in [-0.2, 0) is 14.3 Å². The largest absolute Gasteiger partial charge is 0.379 e. The maximum Gasteiger partial charge on any atom is 0.242 e. The number of rotatable bonds is 6. The van der Waals surface area contributed by atoms with Crippen molar-refractivity contribution >= 4 is 5.91 Å². The summed E-state index contributed by atoms with van der Waals surface area (Å²) in [5, 5.41) is 0. The maximum absolute atomic E-state index is 12.5. The van der Waals surface area contributed by atoms with E-state index in [2.05, 4.69) is 0 Å². The molecule has 1 heterocycles. The van der Waals surface area contributed by atoms with Gasteiger partial charge in [0.25, 0.3) is 0 Å². The predicted octanol–water partition coefficient (Wildman–Crippen LogP) is 1.30. The van der Waals surface area contributed by atoms with Crippen LogP contribution >= 0.6 is 0 Å². The van der Waals surface area contributed by atoms with Crippen LogP contribution in [0, 0.1) is 0 Å². The van der Waals surface area contributed by atoms with Gasteiger partial charge in [0.2, 0.25) is 5.91 Å². The van der Waals surface area contributed by atoms with Gasteiger partial charge in [-0.15, -0.1) is 0 Å². The molecule has 2 fully saturated rings. The molecule has 1 aliphatic carbocycles. The predicted molar refractivity (Wildman–Crippen MR) is 77.4 cm³/mol. The van der Waals surface area contributed by atoms with Crippen LogP contribution in [0.15, 0.2) is 0 Å². The zero-order chi connectivity index (χ0) is 14.4. The number of carbonyl (C=O) groups is 1. The fourth-order valence-electron chi connectivity index (χ4n) is 3.18. The molecule has 0 atom stereocenters. The summed E-state index contributed by atoms with van der Waals surface area (Å²) < 4.78 is 11.0. The van der Waals surface area contributed by atoms with Gasteiger partial charge in [-0.25, -0.2) is 0 Å². The van der Waals surface area contributed by atoms with Crippen molar-refractivity contribution in [2.45, 2.75) is 57.1 Å². The van der Waals surface area contributed by atoms with E-state index in [0.717, 1.165) is 58.2 Å². The number of carbonyl (C=O) groups excluding carboxylic acids is 1. The van der Waals surface area contributed by atoms with Crippen LogP contribution in [0.2, 0.25) is 0 Å². The van der Waals surface area contributed by atoms with Crippen molar-refractivity contribution in [3.63, 3.8) is 0 Å². The molecular weight excluding hydrogens is 256 g/mol. The van der Waals surface area contributed by atoms with Crippen molar-refractivity contribution < 1.29 is 14.3 Å². The highest BCUT2D eigenvalue weighted by atomic mass is 16.5. The van der Waals surface area contributed by atoms with Gasteiger partial charge in [-0.3, -0.25) is 4.79 Å². The van der Waals surface area contributed by atoms with Crippen LogP contribution in [0.4, 0.5) is 0 Å². The molecule has 1 amide bonds. The van der Waals surface area contributed by atoms with E-state index < -0.39 is 5.54 Å². The van der Waals surface area contributed by atoms with Crippen LogP contribution in [0.5, 0.6) is 0 Å². The number of nitrogens with zero attached hydrogens (tertiary/aromatic N) is 1. The van der Waals surface area contributed by atoms with Gasteiger partial charge in [0.05, 0.1) is 24.9 Å². The average Bonchev–Trinajstić information content (AvgIpc) is 2.92. The first-order valence-electron chi connectivity index (χ1n) is 7.93. The number of amides is 1.